The maximum Gasteiger partial charge on any atom is 0.222 e. The molecule has 5 nitrogen and oxygen atoms in total. The van der Waals surface area contributed by atoms with Crippen molar-refractivity contribution in [1.82, 2.24) is 9.97 Å². The molecule has 5 heteroatoms. The Balaban J connectivity index is 3.07. The number of rotatable bonds is 6. The Morgan fingerprint density at radius 2 is 2.26 bits per heavy atom. The Morgan fingerprint density at radius 3 is 2.89 bits per heavy atom. The van der Waals surface area contributed by atoms with Crippen LogP contribution in [0.5, 0.6) is 0 Å². The Hall–Kier alpha value is -2.69. The van der Waals surface area contributed by atoms with Gasteiger partial charge in [-0.25, -0.2) is 4.98 Å². The number of nitrogens with zero attached hydrogens (tertiary/aromatic N) is 3. The molecule has 1 rings (SSSR count). The molecule has 1 aromatic rings. The third kappa shape index (κ3) is 4.59. The molecule has 19 heavy (non-hydrogen) atoms. The van der Waals surface area contributed by atoms with Gasteiger partial charge in [-0.2, -0.15) is 4.98 Å². The molecule has 98 valence electrons. The van der Waals surface area contributed by atoms with Crippen molar-refractivity contribution in [3.8, 4) is 0 Å². The molecule has 0 amide bonds. The Morgan fingerprint density at radius 1 is 1.47 bits per heavy atom. The zero-order chi connectivity index (χ0) is 14.1. The summed E-state index contributed by atoms with van der Waals surface area (Å²) in [6.07, 6.45) is 10.4. The van der Waals surface area contributed by atoms with Gasteiger partial charge in [-0.3, -0.25) is 4.99 Å². The molecule has 1 aromatic heterocycles. The van der Waals surface area contributed by atoms with Crippen molar-refractivity contribution in [3.63, 3.8) is 0 Å². The predicted octanol–water partition coefficient (Wildman–Crippen LogP) is 2.79. The minimum Gasteiger partial charge on any atom is -0.368 e. The van der Waals surface area contributed by atoms with Crippen LogP contribution in [0.2, 0.25) is 0 Å². The van der Waals surface area contributed by atoms with Crippen LogP contribution >= 0.6 is 0 Å². The highest BCUT2D eigenvalue weighted by atomic mass is 15.1. The van der Waals surface area contributed by atoms with Gasteiger partial charge in [0, 0.05) is 18.5 Å². The highest BCUT2D eigenvalue weighted by molar-refractivity contribution is 5.73. The summed E-state index contributed by atoms with van der Waals surface area (Å²) in [6, 6.07) is 1.80. The second-order valence-electron chi connectivity index (χ2n) is 3.48. The lowest BCUT2D eigenvalue weighted by atomic mass is 10.1. The topological polar surface area (TPSA) is 76.2 Å². The van der Waals surface area contributed by atoms with Crippen molar-refractivity contribution in [1.29, 1.82) is 0 Å². The first-order valence-electron chi connectivity index (χ1n) is 5.69. The molecule has 0 radical (unpaired) electrons. The highest BCUT2D eigenvalue weighted by Crippen LogP contribution is 2.18. The van der Waals surface area contributed by atoms with Crippen molar-refractivity contribution < 1.29 is 0 Å². The molecular formula is C14H17N5. The standard InChI is InChI=1S/C14H17N5/c1-4-6-8-17-13-10-12(18-14(15)19-13)11(5-2)7-9-16-3/h4-10H,1,3H2,2H3,(H3,15,17,18,19)/b8-6+,9-7-,11-5+. The quantitative estimate of drug-likeness (QED) is 0.605. The van der Waals surface area contributed by atoms with Gasteiger partial charge in [0.25, 0.3) is 0 Å². The smallest absolute Gasteiger partial charge is 0.222 e. The maximum atomic E-state index is 5.69. The number of hydrogen-bond acceptors (Lipinski definition) is 5. The van der Waals surface area contributed by atoms with Crippen LogP contribution in [-0.2, 0) is 0 Å². The van der Waals surface area contributed by atoms with Crippen LogP contribution in [0, 0.1) is 0 Å². The van der Waals surface area contributed by atoms with E-state index in [-0.39, 0.29) is 5.95 Å². The number of nitrogens with one attached hydrogen (secondary N) is 1. The molecule has 0 saturated heterocycles. The van der Waals surface area contributed by atoms with E-state index >= 15 is 0 Å². The molecule has 0 atom stereocenters. The molecule has 0 aliphatic rings. The molecule has 0 saturated carbocycles. The molecule has 0 aliphatic heterocycles. The van der Waals surface area contributed by atoms with Crippen LogP contribution in [0.4, 0.5) is 11.8 Å². The summed E-state index contributed by atoms with van der Waals surface area (Å²) in [5, 5.41) is 2.99. The van der Waals surface area contributed by atoms with E-state index in [1.54, 1.807) is 36.7 Å². The van der Waals surface area contributed by atoms with Gasteiger partial charge in [-0.05, 0) is 31.4 Å². The number of allylic oxidation sites excluding steroid dienone is 5. The number of aliphatic imine (C=N–C) groups is 1. The third-order valence-corrected chi connectivity index (χ3v) is 2.17. The first-order chi connectivity index (χ1) is 9.21. The van der Waals surface area contributed by atoms with E-state index in [4.69, 9.17) is 5.73 Å². The largest absolute Gasteiger partial charge is 0.368 e. The minimum atomic E-state index is 0.200. The lowest BCUT2D eigenvalue weighted by Crippen LogP contribution is -2.02. The van der Waals surface area contributed by atoms with Crippen molar-refractivity contribution in [3.05, 3.63) is 55.0 Å². The molecule has 3 N–H and O–H groups in total. The van der Waals surface area contributed by atoms with E-state index in [0.29, 0.717) is 11.5 Å². The fraction of sp³-hybridized carbons (Fsp3) is 0.0714. The van der Waals surface area contributed by atoms with Crippen molar-refractivity contribution >= 4 is 24.1 Å². The van der Waals surface area contributed by atoms with Gasteiger partial charge in [0.1, 0.15) is 5.82 Å². The van der Waals surface area contributed by atoms with Crippen molar-refractivity contribution in [2.75, 3.05) is 11.1 Å². The minimum absolute atomic E-state index is 0.200. The monoisotopic (exact) mass is 255 g/mol. The second-order valence-corrected chi connectivity index (χ2v) is 3.48. The van der Waals surface area contributed by atoms with E-state index in [1.165, 1.54) is 0 Å². The fourth-order valence-electron chi connectivity index (χ4n) is 1.35. The lowest BCUT2D eigenvalue weighted by Gasteiger charge is -2.06. The summed E-state index contributed by atoms with van der Waals surface area (Å²) in [4.78, 5) is 11.9. The summed E-state index contributed by atoms with van der Waals surface area (Å²) in [7, 11) is 0. The average molecular weight is 255 g/mol. The SMILES string of the molecule is C=C/C=C/Nc1cc(C(/C=C\N=C)=C/C)nc(N)n1. The summed E-state index contributed by atoms with van der Waals surface area (Å²) < 4.78 is 0. The Labute approximate surface area is 113 Å². The fourth-order valence-corrected chi connectivity index (χ4v) is 1.35. The lowest BCUT2D eigenvalue weighted by molar-refractivity contribution is 1.16. The first-order valence-corrected chi connectivity index (χ1v) is 5.69. The zero-order valence-electron chi connectivity index (χ0n) is 10.9. The molecule has 0 unspecified atom stereocenters. The van der Waals surface area contributed by atoms with E-state index in [0.717, 1.165) is 5.57 Å². The van der Waals surface area contributed by atoms with E-state index < -0.39 is 0 Å². The molecule has 0 bridgehead atoms. The molecule has 0 fully saturated rings. The van der Waals surface area contributed by atoms with Crippen LogP contribution in [0.15, 0.2) is 54.3 Å². The summed E-state index contributed by atoms with van der Waals surface area (Å²) in [6.45, 7) is 8.89. The van der Waals surface area contributed by atoms with Gasteiger partial charge in [0.15, 0.2) is 0 Å². The predicted molar refractivity (Wildman–Crippen MR) is 81.7 cm³/mol. The summed E-state index contributed by atoms with van der Waals surface area (Å²) in [5.74, 6) is 0.811. The van der Waals surface area contributed by atoms with Crippen LogP contribution in [0.3, 0.4) is 0 Å². The second kappa shape index (κ2) is 7.60. The number of anilines is 2. The Bertz CT molecular complexity index is 541. The van der Waals surface area contributed by atoms with Gasteiger partial charge >= 0.3 is 0 Å². The van der Waals surface area contributed by atoms with Crippen LogP contribution in [-0.4, -0.2) is 16.7 Å². The van der Waals surface area contributed by atoms with Crippen molar-refractivity contribution in [2.45, 2.75) is 6.92 Å². The van der Waals surface area contributed by atoms with Crippen LogP contribution in [0.1, 0.15) is 12.6 Å². The molecule has 1 heterocycles. The van der Waals surface area contributed by atoms with Gasteiger partial charge in [0.2, 0.25) is 5.95 Å². The molecule has 0 spiro atoms. The molecular weight excluding hydrogens is 238 g/mol. The molecule has 0 aromatic carbocycles. The van der Waals surface area contributed by atoms with E-state index in [1.807, 2.05) is 13.0 Å². The Kier molecular flexibility index (Phi) is 5.75. The number of aromatic nitrogens is 2. The number of nitrogen functional groups attached to an aromatic ring is 1. The molecule has 0 aliphatic carbocycles. The summed E-state index contributed by atoms with van der Waals surface area (Å²) in [5.41, 5.74) is 7.29. The number of hydrogen-bond donors (Lipinski definition) is 2. The van der Waals surface area contributed by atoms with Gasteiger partial charge in [0.05, 0.1) is 5.69 Å². The number of nitrogens with two attached hydrogens (primary N) is 1. The zero-order valence-corrected chi connectivity index (χ0v) is 10.9. The third-order valence-electron chi connectivity index (χ3n) is 2.17. The van der Waals surface area contributed by atoms with E-state index in [2.05, 4.69) is 33.6 Å². The van der Waals surface area contributed by atoms with Gasteiger partial charge in [-0.15, -0.1) is 0 Å². The normalized spacial score (nSPS) is 11.9. The van der Waals surface area contributed by atoms with Crippen LogP contribution in [0.25, 0.3) is 5.57 Å². The maximum absolute atomic E-state index is 5.69. The average Bonchev–Trinajstić information content (AvgIpc) is 2.39. The van der Waals surface area contributed by atoms with Gasteiger partial charge in [-0.1, -0.05) is 18.7 Å². The highest BCUT2D eigenvalue weighted by Gasteiger charge is 2.04. The van der Waals surface area contributed by atoms with Crippen molar-refractivity contribution in [2.24, 2.45) is 4.99 Å². The van der Waals surface area contributed by atoms with E-state index in [9.17, 15) is 0 Å². The van der Waals surface area contributed by atoms with Gasteiger partial charge < -0.3 is 11.1 Å². The summed E-state index contributed by atoms with van der Waals surface area (Å²) >= 11 is 0. The van der Waals surface area contributed by atoms with Crippen LogP contribution < -0.4 is 11.1 Å². The first kappa shape index (κ1) is 14.4.